The zero-order valence-corrected chi connectivity index (χ0v) is 13.1. The molecule has 2 rings (SSSR count). The number of phenolic OH excluding ortho intramolecular Hbond substituents is 1. The third-order valence-corrected chi connectivity index (χ3v) is 3.48. The van der Waals surface area contributed by atoms with Gasteiger partial charge in [-0.1, -0.05) is 17.7 Å². The summed E-state index contributed by atoms with van der Waals surface area (Å²) in [6, 6.07) is 8.40. The number of alkyl halides is 3. The molecule has 8 heteroatoms. The summed E-state index contributed by atoms with van der Waals surface area (Å²) in [6.45, 7) is 1.54. The monoisotopic (exact) mass is 356 g/mol. The molecule has 0 fully saturated rings. The van der Waals surface area contributed by atoms with Crippen molar-refractivity contribution in [2.45, 2.75) is 13.1 Å². The number of carbonyl (C=O) groups excluding carboxylic acids is 1. The molecule has 0 radical (unpaired) electrons. The Labute approximate surface area is 140 Å². The summed E-state index contributed by atoms with van der Waals surface area (Å²) in [5.74, 6) is -0.853. The standard InChI is InChI=1S/C16H12ClF3N2O2/c1-9(12-3-2-4-13(17)14(12)23)21-22-15(24)10-5-7-11(8-6-10)16(18,19)20/h2-8,23H,1H3,(H,22,24). The summed E-state index contributed by atoms with van der Waals surface area (Å²) in [4.78, 5) is 11.9. The van der Waals surface area contributed by atoms with Gasteiger partial charge in [0.05, 0.1) is 16.3 Å². The summed E-state index contributed by atoms with van der Waals surface area (Å²) >= 11 is 5.78. The van der Waals surface area contributed by atoms with Gasteiger partial charge in [-0.25, -0.2) is 5.43 Å². The summed E-state index contributed by atoms with van der Waals surface area (Å²) < 4.78 is 37.4. The molecule has 4 nitrogen and oxygen atoms in total. The van der Waals surface area contributed by atoms with Crippen LogP contribution in [0.1, 0.15) is 28.4 Å². The van der Waals surface area contributed by atoms with Crippen LogP contribution in [0.2, 0.25) is 5.02 Å². The van der Waals surface area contributed by atoms with Gasteiger partial charge in [0.1, 0.15) is 5.75 Å². The number of nitrogens with one attached hydrogen (secondary N) is 1. The molecule has 0 bridgehead atoms. The highest BCUT2D eigenvalue weighted by atomic mass is 35.5. The Morgan fingerprint density at radius 2 is 1.79 bits per heavy atom. The third-order valence-electron chi connectivity index (χ3n) is 3.18. The number of carbonyl (C=O) groups is 1. The first-order valence-electron chi connectivity index (χ1n) is 6.70. The maximum atomic E-state index is 12.5. The quantitative estimate of drug-likeness (QED) is 0.639. The van der Waals surface area contributed by atoms with Crippen molar-refractivity contribution in [2.75, 3.05) is 0 Å². The molecular weight excluding hydrogens is 345 g/mol. The molecule has 2 aromatic carbocycles. The zero-order valence-electron chi connectivity index (χ0n) is 12.4. The fourth-order valence-corrected chi connectivity index (χ4v) is 2.05. The number of phenols is 1. The molecule has 0 aromatic heterocycles. The predicted molar refractivity (Wildman–Crippen MR) is 84.2 cm³/mol. The van der Waals surface area contributed by atoms with Crippen LogP contribution in [0.5, 0.6) is 5.75 Å². The Hall–Kier alpha value is -2.54. The highest BCUT2D eigenvalue weighted by Gasteiger charge is 2.30. The Bertz CT molecular complexity index is 787. The number of hydrogen-bond donors (Lipinski definition) is 2. The van der Waals surface area contributed by atoms with Crippen LogP contribution in [0.25, 0.3) is 0 Å². The molecule has 0 saturated carbocycles. The Balaban J connectivity index is 2.13. The van der Waals surface area contributed by atoms with Gasteiger partial charge in [-0.2, -0.15) is 18.3 Å². The maximum Gasteiger partial charge on any atom is 0.416 e. The minimum Gasteiger partial charge on any atom is -0.506 e. The molecular formula is C16H12ClF3N2O2. The van der Waals surface area contributed by atoms with Crippen LogP contribution in [-0.2, 0) is 6.18 Å². The minimum absolute atomic E-state index is 0.0230. The van der Waals surface area contributed by atoms with Gasteiger partial charge in [-0.3, -0.25) is 4.79 Å². The second kappa shape index (κ2) is 6.92. The summed E-state index contributed by atoms with van der Waals surface area (Å²) in [5.41, 5.74) is 2.01. The molecule has 24 heavy (non-hydrogen) atoms. The van der Waals surface area contributed by atoms with Crippen LogP contribution in [0.15, 0.2) is 47.6 Å². The van der Waals surface area contributed by atoms with Crippen LogP contribution in [0.3, 0.4) is 0 Å². The third kappa shape index (κ3) is 4.05. The number of aromatic hydroxyl groups is 1. The van der Waals surface area contributed by atoms with Crippen molar-refractivity contribution in [2.24, 2.45) is 5.10 Å². The van der Waals surface area contributed by atoms with Gasteiger partial charge < -0.3 is 5.11 Å². The number of nitrogens with zero attached hydrogens (tertiary/aromatic N) is 1. The van der Waals surface area contributed by atoms with E-state index in [4.69, 9.17) is 11.6 Å². The second-order valence-electron chi connectivity index (χ2n) is 4.85. The van der Waals surface area contributed by atoms with Crippen LogP contribution < -0.4 is 5.43 Å². The lowest BCUT2D eigenvalue weighted by Crippen LogP contribution is -2.19. The largest absolute Gasteiger partial charge is 0.506 e. The van der Waals surface area contributed by atoms with Crippen molar-refractivity contribution in [1.29, 1.82) is 0 Å². The number of rotatable bonds is 3. The Kier molecular flexibility index (Phi) is 5.14. The first-order chi connectivity index (χ1) is 11.2. The van der Waals surface area contributed by atoms with E-state index < -0.39 is 17.6 Å². The van der Waals surface area contributed by atoms with Crippen molar-refractivity contribution in [1.82, 2.24) is 5.43 Å². The molecule has 126 valence electrons. The molecule has 0 heterocycles. The number of para-hydroxylation sites is 1. The van der Waals surface area contributed by atoms with Gasteiger partial charge in [-0.05, 0) is 43.3 Å². The number of halogens is 4. The minimum atomic E-state index is -4.46. The molecule has 0 aliphatic rings. The number of amides is 1. The normalized spacial score (nSPS) is 12.1. The van der Waals surface area contributed by atoms with Gasteiger partial charge in [0, 0.05) is 11.1 Å². The van der Waals surface area contributed by atoms with E-state index in [2.05, 4.69) is 10.5 Å². The predicted octanol–water partition coefficient (Wildman–Crippen LogP) is 4.22. The van der Waals surface area contributed by atoms with Crippen molar-refractivity contribution in [3.8, 4) is 5.75 Å². The molecule has 0 saturated heterocycles. The second-order valence-corrected chi connectivity index (χ2v) is 5.26. The summed E-state index contributed by atoms with van der Waals surface area (Å²) in [5, 5.41) is 13.8. The van der Waals surface area contributed by atoms with Crippen molar-refractivity contribution in [3.05, 3.63) is 64.2 Å². The Morgan fingerprint density at radius 1 is 1.17 bits per heavy atom. The van der Waals surface area contributed by atoms with Gasteiger partial charge >= 0.3 is 6.18 Å². The number of hydrogen-bond acceptors (Lipinski definition) is 3. The van der Waals surface area contributed by atoms with Crippen LogP contribution in [0, 0.1) is 0 Å². The molecule has 0 aliphatic heterocycles. The maximum absolute atomic E-state index is 12.5. The Morgan fingerprint density at radius 3 is 2.38 bits per heavy atom. The fourth-order valence-electron chi connectivity index (χ4n) is 1.88. The van der Waals surface area contributed by atoms with E-state index in [1.54, 1.807) is 19.1 Å². The lowest BCUT2D eigenvalue weighted by molar-refractivity contribution is -0.137. The van der Waals surface area contributed by atoms with Crippen molar-refractivity contribution >= 4 is 23.2 Å². The first-order valence-corrected chi connectivity index (χ1v) is 7.07. The van der Waals surface area contributed by atoms with Crippen molar-refractivity contribution in [3.63, 3.8) is 0 Å². The molecule has 1 amide bonds. The topological polar surface area (TPSA) is 61.7 Å². The van der Waals surface area contributed by atoms with E-state index in [1.165, 1.54) is 6.07 Å². The molecule has 2 aromatic rings. The molecule has 0 aliphatic carbocycles. The van der Waals surface area contributed by atoms with Gasteiger partial charge in [0.15, 0.2) is 0 Å². The van der Waals surface area contributed by atoms with Crippen LogP contribution in [0.4, 0.5) is 13.2 Å². The average Bonchev–Trinajstić information content (AvgIpc) is 2.54. The summed E-state index contributed by atoms with van der Waals surface area (Å²) in [6.07, 6.45) is -4.46. The summed E-state index contributed by atoms with van der Waals surface area (Å²) in [7, 11) is 0. The van der Waals surface area contributed by atoms with E-state index in [-0.39, 0.29) is 22.0 Å². The van der Waals surface area contributed by atoms with Gasteiger partial charge in [-0.15, -0.1) is 0 Å². The van der Waals surface area contributed by atoms with E-state index in [0.29, 0.717) is 5.56 Å². The van der Waals surface area contributed by atoms with E-state index >= 15 is 0 Å². The zero-order chi connectivity index (χ0) is 17.9. The van der Waals surface area contributed by atoms with E-state index in [1.807, 2.05) is 0 Å². The molecule has 2 N–H and O–H groups in total. The smallest absolute Gasteiger partial charge is 0.416 e. The highest BCUT2D eigenvalue weighted by molar-refractivity contribution is 6.32. The fraction of sp³-hybridized carbons (Fsp3) is 0.125. The average molecular weight is 357 g/mol. The van der Waals surface area contributed by atoms with Crippen LogP contribution >= 0.6 is 11.6 Å². The van der Waals surface area contributed by atoms with E-state index in [0.717, 1.165) is 24.3 Å². The van der Waals surface area contributed by atoms with Crippen LogP contribution in [-0.4, -0.2) is 16.7 Å². The SMILES string of the molecule is CC(=NNC(=O)c1ccc(C(F)(F)F)cc1)c1cccc(Cl)c1O. The lowest BCUT2D eigenvalue weighted by Gasteiger charge is -2.08. The van der Waals surface area contributed by atoms with Gasteiger partial charge in [0.2, 0.25) is 0 Å². The highest BCUT2D eigenvalue weighted by Crippen LogP contribution is 2.29. The van der Waals surface area contributed by atoms with E-state index in [9.17, 15) is 23.1 Å². The molecule has 0 atom stereocenters. The molecule has 0 spiro atoms. The lowest BCUT2D eigenvalue weighted by atomic mass is 10.1. The van der Waals surface area contributed by atoms with Crippen molar-refractivity contribution < 1.29 is 23.1 Å². The molecule has 0 unspecified atom stereocenters. The number of hydrazone groups is 1. The number of benzene rings is 2. The first kappa shape index (κ1) is 17.8. The van der Waals surface area contributed by atoms with Gasteiger partial charge in [0.25, 0.3) is 5.91 Å².